The minimum absolute atomic E-state index is 0.287. The van der Waals surface area contributed by atoms with E-state index in [1.807, 2.05) is 62.4 Å². The van der Waals surface area contributed by atoms with Crippen LogP contribution in [0, 0.1) is 13.8 Å². The van der Waals surface area contributed by atoms with Gasteiger partial charge < -0.3 is 4.74 Å². The summed E-state index contributed by atoms with van der Waals surface area (Å²) in [5.41, 5.74) is 5.03. The number of aromatic nitrogens is 1. The summed E-state index contributed by atoms with van der Waals surface area (Å²) in [6.45, 7) is 5.46. The number of esters is 1. The second-order valence-electron chi connectivity index (χ2n) is 7.76. The van der Waals surface area contributed by atoms with E-state index in [2.05, 4.69) is 0 Å². The summed E-state index contributed by atoms with van der Waals surface area (Å²) in [5.74, 6) is -0.839. The van der Waals surface area contributed by atoms with Crippen molar-refractivity contribution in [2.24, 2.45) is 0 Å². The predicted octanol–water partition coefficient (Wildman–Crippen LogP) is 6.60. The lowest BCUT2D eigenvalue weighted by atomic mass is 9.97. The van der Waals surface area contributed by atoms with Crippen LogP contribution in [0.25, 0.3) is 22.2 Å². The standard InChI is InChI=1S/C27H22ClNO3/c1-16-8-10-19(11-9-16)25-17(2)24(22-6-4-5-7-23(22)29-25)27(31)32-18(3)26(30)20-12-14-21(28)15-13-20/h4-15,18H,1-3H3. The number of benzene rings is 3. The molecule has 0 saturated heterocycles. The smallest absolute Gasteiger partial charge is 0.339 e. The Morgan fingerprint density at radius 2 is 1.56 bits per heavy atom. The van der Waals surface area contributed by atoms with E-state index < -0.39 is 12.1 Å². The lowest BCUT2D eigenvalue weighted by molar-refractivity contribution is 0.0320. The number of rotatable bonds is 5. The van der Waals surface area contributed by atoms with E-state index in [1.165, 1.54) is 0 Å². The Balaban J connectivity index is 1.73. The summed E-state index contributed by atoms with van der Waals surface area (Å²) >= 11 is 5.90. The third-order valence-corrected chi connectivity index (χ3v) is 5.70. The van der Waals surface area contributed by atoms with Crippen LogP contribution in [0.5, 0.6) is 0 Å². The number of para-hydroxylation sites is 1. The molecule has 0 N–H and O–H groups in total. The first-order valence-corrected chi connectivity index (χ1v) is 10.7. The fraction of sp³-hybridized carbons (Fsp3) is 0.148. The van der Waals surface area contributed by atoms with Gasteiger partial charge in [-0.2, -0.15) is 0 Å². The molecule has 3 aromatic carbocycles. The highest BCUT2D eigenvalue weighted by atomic mass is 35.5. The normalized spacial score (nSPS) is 11.9. The molecule has 0 spiro atoms. The Morgan fingerprint density at radius 3 is 2.25 bits per heavy atom. The van der Waals surface area contributed by atoms with Crippen molar-refractivity contribution < 1.29 is 14.3 Å². The molecule has 5 heteroatoms. The van der Waals surface area contributed by atoms with Crippen molar-refractivity contribution in [2.45, 2.75) is 26.9 Å². The second kappa shape index (κ2) is 8.93. The van der Waals surface area contributed by atoms with Gasteiger partial charge in [0.15, 0.2) is 6.10 Å². The van der Waals surface area contributed by atoms with Crippen molar-refractivity contribution in [2.75, 3.05) is 0 Å². The molecule has 1 heterocycles. The lowest BCUT2D eigenvalue weighted by Gasteiger charge is -2.17. The Labute approximate surface area is 191 Å². The van der Waals surface area contributed by atoms with Gasteiger partial charge in [0.25, 0.3) is 0 Å². The van der Waals surface area contributed by atoms with Crippen LogP contribution in [-0.4, -0.2) is 22.8 Å². The Kier molecular flexibility index (Phi) is 6.06. The molecule has 0 aliphatic rings. The van der Waals surface area contributed by atoms with Crippen LogP contribution in [0.4, 0.5) is 0 Å². The number of hydrogen-bond donors (Lipinski definition) is 0. The van der Waals surface area contributed by atoms with Crippen LogP contribution in [0.2, 0.25) is 5.02 Å². The van der Waals surface area contributed by atoms with Crippen molar-refractivity contribution in [1.82, 2.24) is 4.98 Å². The molecule has 0 bridgehead atoms. The maximum absolute atomic E-state index is 13.3. The number of carbonyl (C=O) groups is 2. The molecular formula is C27H22ClNO3. The lowest BCUT2D eigenvalue weighted by Crippen LogP contribution is -2.25. The van der Waals surface area contributed by atoms with Gasteiger partial charge in [-0.25, -0.2) is 9.78 Å². The van der Waals surface area contributed by atoms with E-state index in [1.54, 1.807) is 31.2 Å². The van der Waals surface area contributed by atoms with Crippen LogP contribution in [0.1, 0.15) is 38.8 Å². The zero-order chi connectivity index (χ0) is 22.8. The van der Waals surface area contributed by atoms with E-state index in [-0.39, 0.29) is 5.78 Å². The molecule has 1 aromatic heterocycles. The Bertz CT molecular complexity index is 1310. The number of aryl methyl sites for hydroxylation is 1. The van der Waals surface area contributed by atoms with Crippen molar-refractivity contribution in [3.63, 3.8) is 0 Å². The molecule has 0 amide bonds. The summed E-state index contributed by atoms with van der Waals surface area (Å²) in [6, 6.07) is 22.0. The maximum atomic E-state index is 13.3. The number of halogens is 1. The third kappa shape index (κ3) is 4.27. The molecule has 0 radical (unpaired) electrons. The highest BCUT2D eigenvalue weighted by Crippen LogP contribution is 2.30. The van der Waals surface area contributed by atoms with Crippen molar-refractivity contribution >= 4 is 34.3 Å². The van der Waals surface area contributed by atoms with Crippen molar-refractivity contribution in [3.05, 3.63) is 100 Å². The van der Waals surface area contributed by atoms with E-state index in [4.69, 9.17) is 21.3 Å². The highest BCUT2D eigenvalue weighted by molar-refractivity contribution is 6.30. The quantitative estimate of drug-likeness (QED) is 0.257. The Morgan fingerprint density at radius 1 is 0.906 bits per heavy atom. The number of pyridine rings is 1. The van der Waals surface area contributed by atoms with Crippen LogP contribution >= 0.6 is 11.6 Å². The summed E-state index contributed by atoms with van der Waals surface area (Å²) in [6.07, 6.45) is -0.946. The summed E-state index contributed by atoms with van der Waals surface area (Å²) in [5, 5.41) is 1.23. The first-order chi connectivity index (χ1) is 15.3. The zero-order valence-corrected chi connectivity index (χ0v) is 18.8. The molecule has 4 aromatic rings. The molecule has 160 valence electrons. The third-order valence-electron chi connectivity index (χ3n) is 5.45. The fourth-order valence-electron chi connectivity index (χ4n) is 3.68. The average molecular weight is 444 g/mol. The van der Waals surface area contributed by atoms with Crippen LogP contribution in [-0.2, 0) is 4.74 Å². The molecule has 1 unspecified atom stereocenters. The summed E-state index contributed by atoms with van der Waals surface area (Å²) in [7, 11) is 0. The number of hydrogen-bond acceptors (Lipinski definition) is 4. The van der Waals surface area contributed by atoms with Gasteiger partial charge >= 0.3 is 5.97 Å². The van der Waals surface area contributed by atoms with Gasteiger partial charge in [-0.05, 0) is 56.7 Å². The molecule has 0 saturated carbocycles. The van der Waals surface area contributed by atoms with Gasteiger partial charge in [0, 0.05) is 21.5 Å². The fourth-order valence-corrected chi connectivity index (χ4v) is 3.81. The van der Waals surface area contributed by atoms with E-state index in [0.29, 0.717) is 38.3 Å². The van der Waals surface area contributed by atoms with Gasteiger partial charge in [-0.3, -0.25) is 4.79 Å². The van der Waals surface area contributed by atoms with Gasteiger partial charge in [0.2, 0.25) is 5.78 Å². The van der Waals surface area contributed by atoms with E-state index in [9.17, 15) is 9.59 Å². The van der Waals surface area contributed by atoms with Crippen LogP contribution in [0.3, 0.4) is 0 Å². The summed E-state index contributed by atoms with van der Waals surface area (Å²) in [4.78, 5) is 30.9. The average Bonchev–Trinajstić information content (AvgIpc) is 2.79. The highest BCUT2D eigenvalue weighted by Gasteiger charge is 2.25. The van der Waals surface area contributed by atoms with E-state index >= 15 is 0 Å². The van der Waals surface area contributed by atoms with Gasteiger partial charge in [-0.1, -0.05) is 59.6 Å². The molecule has 0 aliphatic heterocycles. The zero-order valence-electron chi connectivity index (χ0n) is 18.1. The van der Waals surface area contributed by atoms with Gasteiger partial charge in [0.1, 0.15) is 0 Å². The monoisotopic (exact) mass is 443 g/mol. The van der Waals surface area contributed by atoms with Crippen LogP contribution < -0.4 is 0 Å². The van der Waals surface area contributed by atoms with Crippen molar-refractivity contribution in [3.8, 4) is 11.3 Å². The molecular weight excluding hydrogens is 422 g/mol. The number of nitrogens with zero attached hydrogens (tertiary/aromatic N) is 1. The minimum atomic E-state index is -0.946. The molecule has 1 atom stereocenters. The maximum Gasteiger partial charge on any atom is 0.339 e. The van der Waals surface area contributed by atoms with Crippen molar-refractivity contribution in [1.29, 1.82) is 0 Å². The summed E-state index contributed by atoms with van der Waals surface area (Å²) < 4.78 is 5.63. The van der Waals surface area contributed by atoms with Gasteiger partial charge in [-0.15, -0.1) is 0 Å². The first kappa shape index (κ1) is 21.7. The topological polar surface area (TPSA) is 56.3 Å². The minimum Gasteiger partial charge on any atom is -0.451 e. The molecule has 0 fully saturated rings. The molecule has 32 heavy (non-hydrogen) atoms. The molecule has 4 nitrogen and oxygen atoms in total. The molecule has 0 aliphatic carbocycles. The van der Waals surface area contributed by atoms with Gasteiger partial charge in [0.05, 0.1) is 16.8 Å². The van der Waals surface area contributed by atoms with Crippen LogP contribution in [0.15, 0.2) is 72.8 Å². The predicted molar refractivity (Wildman–Crippen MR) is 127 cm³/mol. The number of ether oxygens (including phenoxy) is 1. The van der Waals surface area contributed by atoms with E-state index in [0.717, 1.165) is 11.1 Å². The first-order valence-electron chi connectivity index (χ1n) is 10.3. The Hall–Kier alpha value is -3.50. The molecule has 4 rings (SSSR count). The number of Topliss-reactive ketones (excluding diaryl/α,β-unsaturated/α-hetero) is 1. The number of ketones is 1. The second-order valence-corrected chi connectivity index (χ2v) is 8.20. The SMILES string of the molecule is Cc1ccc(-c2nc3ccccc3c(C(=O)OC(C)C(=O)c3ccc(Cl)cc3)c2C)cc1. The largest absolute Gasteiger partial charge is 0.451 e. The number of fused-ring (bicyclic) bond motifs is 1. The number of carbonyl (C=O) groups excluding carboxylic acids is 2.